The molecule has 4 nitrogen and oxygen atoms in total. The van der Waals surface area contributed by atoms with E-state index in [1.165, 1.54) is 5.39 Å². The summed E-state index contributed by atoms with van der Waals surface area (Å²) in [6.07, 6.45) is 2.23. The lowest BCUT2D eigenvalue weighted by Crippen LogP contribution is -2.36. The van der Waals surface area contributed by atoms with Crippen molar-refractivity contribution >= 4 is 16.9 Å². The van der Waals surface area contributed by atoms with Crippen LogP contribution < -0.4 is 10.6 Å². The molecule has 2 amide bonds. The Morgan fingerprint density at radius 2 is 2.22 bits per heavy atom. The van der Waals surface area contributed by atoms with Gasteiger partial charge in [0.2, 0.25) is 0 Å². The fourth-order valence-corrected chi connectivity index (χ4v) is 2.08. The highest BCUT2D eigenvalue weighted by Crippen LogP contribution is 2.18. The zero-order valence-corrected chi connectivity index (χ0v) is 10.4. The number of urea groups is 1. The molecule has 4 heteroatoms. The van der Waals surface area contributed by atoms with E-state index in [0.717, 1.165) is 29.6 Å². The van der Waals surface area contributed by atoms with Crippen molar-refractivity contribution in [1.82, 2.24) is 15.6 Å². The second kappa shape index (κ2) is 4.37. The average molecular weight is 243 g/mol. The molecule has 1 aromatic carbocycles. The number of aromatic nitrogens is 1. The second-order valence-corrected chi connectivity index (χ2v) is 4.98. The van der Waals surface area contributed by atoms with Crippen LogP contribution in [0.2, 0.25) is 0 Å². The minimum absolute atomic E-state index is 0.0668. The molecule has 1 saturated carbocycles. The predicted molar refractivity (Wildman–Crippen MR) is 71.4 cm³/mol. The van der Waals surface area contributed by atoms with E-state index in [4.69, 9.17) is 0 Å². The topological polar surface area (TPSA) is 56.9 Å². The van der Waals surface area contributed by atoms with E-state index < -0.39 is 0 Å². The Bertz CT molecular complexity index is 584. The van der Waals surface area contributed by atoms with E-state index >= 15 is 0 Å². The monoisotopic (exact) mass is 243 g/mol. The van der Waals surface area contributed by atoms with Gasteiger partial charge in [-0.3, -0.25) is 0 Å². The summed E-state index contributed by atoms with van der Waals surface area (Å²) in [5.41, 5.74) is 3.41. The Morgan fingerprint density at radius 1 is 1.39 bits per heavy atom. The molecule has 1 heterocycles. The van der Waals surface area contributed by atoms with Gasteiger partial charge in [0, 0.05) is 23.8 Å². The highest BCUT2D eigenvalue weighted by atomic mass is 16.2. The maximum absolute atomic E-state index is 11.5. The van der Waals surface area contributed by atoms with Crippen LogP contribution in [0.15, 0.2) is 24.3 Å². The molecule has 2 aromatic rings. The van der Waals surface area contributed by atoms with Gasteiger partial charge in [-0.2, -0.15) is 0 Å². The van der Waals surface area contributed by atoms with Crippen LogP contribution >= 0.6 is 0 Å². The van der Waals surface area contributed by atoms with Gasteiger partial charge in [-0.25, -0.2) is 4.79 Å². The van der Waals surface area contributed by atoms with Crippen LogP contribution in [0.3, 0.4) is 0 Å². The zero-order valence-electron chi connectivity index (χ0n) is 10.4. The van der Waals surface area contributed by atoms with Crippen molar-refractivity contribution in [3.8, 4) is 0 Å². The molecular formula is C14H17N3O. The average Bonchev–Trinajstić information content (AvgIpc) is 3.05. The molecule has 1 fully saturated rings. The number of benzene rings is 1. The molecule has 1 aromatic heterocycles. The summed E-state index contributed by atoms with van der Waals surface area (Å²) >= 11 is 0. The molecule has 0 unspecified atom stereocenters. The van der Waals surface area contributed by atoms with Gasteiger partial charge in [0.1, 0.15) is 0 Å². The van der Waals surface area contributed by atoms with Crippen molar-refractivity contribution < 1.29 is 4.79 Å². The third-order valence-electron chi connectivity index (χ3n) is 3.19. The van der Waals surface area contributed by atoms with Gasteiger partial charge in [0.25, 0.3) is 0 Å². The first kappa shape index (κ1) is 11.1. The van der Waals surface area contributed by atoms with Crippen molar-refractivity contribution in [2.75, 3.05) is 0 Å². The van der Waals surface area contributed by atoms with Gasteiger partial charge in [-0.15, -0.1) is 0 Å². The van der Waals surface area contributed by atoms with Crippen LogP contribution in [-0.4, -0.2) is 17.1 Å². The molecule has 0 radical (unpaired) electrons. The first-order valence-corrected chi connectivity index (χ1v) is 6.33. The number of aromatic amines is 1. The molecule has 94 valence electrons. The fraction of sp³-hybridized carbons (Fsp3) is 0.357. The van der Waals surface area contributed by atoms with Gasteiger partial charge in [-0.1, -0.05) is 6.07 Å². The van der Waals surface area contributed by atoms with E-state index in [1.54, 1.807) is 0 Å². The number of rotatable bonds is 3. The minimum atomic E-state index is -0.0668. The molecule has 0 atom stereocenters. The Kier molecular flexibility index (Phi) is 2.70. The van der Waals surface area contributed by atoms with Crippen molar-refractivity contribution in [2.45, 2.75) is 32.4 Å². The van der Waals surface area contributed by atoms with Crippen LogP contribution in [0, 0.1) is 6.92 Å². The molecule has 0 saturated heterocycles. The van der Waals surface area contributed by atoms with E-state index in [1.807, 2.05) is 13.0 Å². The van der Waals surface area contributed by atoms with Crippen molar-refractivity contribution in [1.29, 1.82) is 0 Å². The van der Waals surface area contributed by atoms with Crippen LogP contribution in [-0.2, 0) is 6.54 Å². The Morgan fingerprint density at radius 3 is 3.00 bits per heavy atom. The highest BCUT2D eigenvalue weighted by molar-refractivity contribution is 5.81. The lowest BCUT2D eigenvalue weighted by atomic mass is 10.1. The lowest BCUT2D eigenvalue weighted by Gasteiger charge is -2.06. The SMILES string of the molecule is Cc1cc2cc(CNC(=O)NC3CC3)ccc2[nH]1. The largest absolute Gasteiger partial charge is 0.359 e. The maximum atomic E-state index is 11.5. The quantitative estimate of drug-likeness (QED) is 0.762. The van der Waals surface area contributed by atoms with Crippen molar-refractivity contribution in [3.05, 3.63) is 35.5 Å². The smallest absolute Gasteiger partial charge is 0.315 e. The molecule has 0 aliphatic heterocycles. The molecule has 3 rings (SSSR count). The molecule has 1 aliphatic carbocycles. The normalized spacial score (nSPS) is 14.7. The van der Waals surface area contributed by atoms with E-state index in [-0.39, 0.29) is 6.03 Å². The highest BCUT2D eigenvalue weighted by Gasteiger charge is 2.22. The molecule has 18 heavy (non-hydrogen) atoms. The molecule has 0 bridgehead atoms. The number of H-pyrrole nitrogens is 1. The minimum Gasteiger partial charge on any atom is -0.359 e. The summed E-state index contributed by atoms with van der Waals surface area (Å²) in [5, 5.41) is 6.98. The first-order chi connectivity index (χ1) is 8.70. The fourth-order valence-electron chi connectivity index (χ4n) is 2.08. The number of aryl methyl sites for hydroxylation is 1. The third kappa shape index (κ3) is 2.47. The third-order valence-corrected chi connectivity index (χ3v) is 3.19. The number of nitrogens with one attached hydrogen (secondary N) is 3. The van der Waals surface area contributed by atoms with Crippen molar-refractivity contribution in [2.24, 2.45) is 0 Å². The summed E-state index contributed by atoms with van der Waals surface area (Å²) in [6.45, 7) is 2.61. The Balaban J connectivity index is 1.64. The van der Waals surface area contributed by atoms with Crippen molar-refractivity contribution in [3.63, 3.8) is 0 Å². The number of hydrogen-bond acceptors (Lipinski definition) is 1. The molecular weight excluding hydrogens is 226 g/mol. The summed E-state index contributed by atoms with van der Waals surface area (Å²) in [4.78, 5) is 14.8. The van der Waals surface area contributed by atoms with Crippen LogP contribution in [0.5, 0.6) is 0 Å². The van der Waals surface area contributed by atoms with Crippen LogP contribution in [0.1, 0.15) is 24.1 Å². The summed E-state index contributed by atoms with van der Waals surface area (Å²) < 4.78 is 0. The second-order valence-electron chi connectivity index (χ2n) is 4.98. The van der Waals surface area contributed by atoms with Gasteiger partial charge < -0.3 is 15.6 Å². The first-order valence-electron chi connectivity index (χ1n) is 6.33. The van der Waals surface area contributed by atoms with E-state index in [0.29, 0.717) is 12.6 Å². The summed E-state index contributed by atoms with van der Waals surface area (Å²) in [5.74, 6) is 0. The zero-order chi connectivity index (χ0) is 12.5. The van der Waals surface area contributed by atoms with Crippen LogP contribution in [0.25, 0.3) is 10.9 Å². The van der Waals surface area contributed by atoms with Gasteiger partial charge >= 0.3 is 6.03 Å². The number of carbonyl (C=O) groups excluding carboxylic acids is 1. The predicted octanol–water partition coefficient (Wildman–Crippen LogP) is 2.44. The van der Waals surface area contributed by atoms with Crippen LogP contribution in [0.4, 0.5) is 4.79 Å². The number of fused-ring (bicyclic) bond motifs is 1. The van der Waals surface area contributed by atoms with E-state index in [9.17, 15) is 4.79 Å². The number of carbonyl (C=O) groups is 1. The number of hydrogen-bond donors (Lipinski definition) is 3. The summed E-state index contributed by atoms with van der Waals surface area (Å²) in [6, 6.07) is 8.65. The lowest BCUT2D eigenvalue weighted by molar-refractivity contribution is 0.240. The standard InChI is InChI=1S/C14H17N3O/c1-9-6-11-7-10(2-5-13(11)16-9)8-15-14(18)17-12-3-4-12/h2,5-7,12,16H,3-4,8H2,1H3,(H2,15,17,18). The Labute approximate surface area is 106 Å². The summed E-state index contributed by atoms with van der Waals surface area (Å²) in [7, 11) is 0. The molecule has 3 N–H and O–H groups in total. The maximum Gasteiger partial charge on any atom is 0.315 e. The van der Waals surface area contributed by atoms with Gasteiger partial charge in [0.05, 0.1) is 0 Å². The Hall–Kier alpha value is -1.97. The van der Waals surface area contributed by atoms with Gasteiger partial charge in [0.15, 0.2) is 0 Å². The molecule has 1 aliphatic rings. The van der Waals surface area contributed by atoms with Gasteiger partial charge in [-0.05, 0) is 48.9 Å². The molecule has 0 spiro atoms. The van der Waals surface area contributed by atoms with E-state index in [2.05, 4.69) is 33.8 Å². The number of amides is 2.